The number of nitrogens with zero attached hydrogens (tertiary/aromatic N) is 1. The van der Waals surface area contributed by atoms with Gasteiger partial charge in [-0.1, -0.05) is 0 Å². The predicted molar refractivity (Wildman–Crippen MR) is 75.5 cm³/mol. The molecular formula is C14H22N2O3. The third-order valence-electron chi connectivity index (χ3n) is 2.87. The standard InChI is InChI=1S/C14H22N2O3/c1-10(2)16(7-8-18-3)14(17)12-9-11(15)5-6-13(12)19-4/h5-6,9-10H,7-8,15H2,1-4H3. The van der Waals surface area contributed by atoms with Crippen LogP contribution in [-0.2, 0) is 4.74 Å². The Balaban J connectivity index is 3.04. The molecule has 1 amide bonds. The van der Waals surface area contributed by atoms with Gasteiger partial charge >= 0.3 is 0 Å². The summed E-state index contributed by atoms with van der Waals surface area (Å²) < 4.78 is 10.3. The van der Waals surface area contributed by atoms with E-state index in [4.69, 9.17) is 15.2 Å². The average Bonchev–Trinajstić information content (AvgIpc) is 2.38. The van der Waals surface area contributed by atoms with E-state index in [9.17, 15) is 4.79 Å². The maximum absolute atomic E-state index is 12.6. The SMILES string of the molecule is COCCN(C(=O)c1cc(N)ccc1OC)C(C)C. The second kappa shape index (κ2) is 6.99. The Bertz CT molecular complexity index is 433. The fourth-order valence-corrected chi connectivity index (χ4v) is 1.83. The van der Waals surface area contributed by atoms with Crippen LogP contribution in [0, 0.1) is 0 Å². The maximum atomic E-state index is 12.6. The zero-order valence-electron chi connectivity index (χ0n) is 12.0. The van der Waals surface area contributed by atoms with Crippen LogP contribution in [-0.4, -0.2) is 44.2 Å². The Morgan fingerprint density at radius 2 is 2.05 bits per heavy atom. The molecule has 2 N–H and O–H groups in total. The Labute approximate surface area is 114 Å². The van der Waals surface area contributed by atoms with E-state index in [0.29, 0.717) is 30.2 Å². The zero-order chi connectivity index (χ0) is 14.4. The summed E-state index contributed by atoms with van der Waals surface area (Å²) in [5.74, 6) is 0.429. The van der Waals surface area contributed by atoms with E-state index in [2.05, 4.69) is 0 Å². The molecule has 0 saturated heterocycles. The largest absolute Gasteiger partial charge is 0.496 e. The van der Waals surface area contributed by atoms with Gasteiger partial charge in [0.05, 0.1) is 19.3 Å². The van der Waals surface area contributed by atoms with Crippen molar-refractivity contribution in [2.75, 3.05) is 33.1 Å². The van der Waals surface area contributed by atoms with E-state index in [1.165, 1.54) is 7.11 Å². The average molecular weight is 266 g/mol. The number of ether oxygens (including phenoxy) is 2. The summed E-state index contributed by atoms with van der Waals surface area (Å²) in [5, 5.41) is 0. The first-order valence-corrected chi connectivity index (χ1v) is 6.24. The van der Waals surface area contributed by atoms with Crippen LogP contribution >= 0.6 is 0 Å². The minimum atomic E-state index is -0.101. The van der Waals surface area contributed by atoms with Gasteiger partial charge in [0.2, 0.25) is 0 Å². The molecule has 0 saturated carbocycles. The first-order chi connectivity index (χ1) is 9.01. The zero-order valence-corrected chi connectivity index (χ0v) is 12.0. The summed E-state index contributed by atoms with van der Waals surface area (Å²) in [7, 11) is 3.15. The van der Waals surface area contributed by atoms with Gasteiger partial charge in [-0.2, -0.15) is 0 Å². The van der Waals surface area contributed by atoms with E-state index >= 15 is 0 Å². The number of carbonyl (C=O) groups excluding carboxylic acids is 1. The number of carbonyl (C=O) groups is 1. The molecule has 5 nitrogen and oxygen atoms in total. The van der Waals surface area contributed by atoms with Gasteiger partial charge in [0.25, 0.3) is 5.91 Å². The van der Waals surface area contributed by atoms with Crippen molar-refractivity contribution in [3.63, 3.8) is 0 Å². The topological polar surface area (TPSA) is 64.8 Å². The predicted octanol–water partition coefficient (Wildman–Crippen LogP) is 1.77. The van der Waals surface area contributed by atoms with Crippen molar-refractivity contribution in [1.82, 2.24) is 4.90 Å². The van der Waals surface area contributed by atoms with E-state index in [1.54, 1.807) is 30.2 Å². The normalized spacial score (nSPS) is 10.6. The molecule has 19 heavy (non-hydrogen) atoms. The quantitative estimate of drug-likeness (QED) is 0.797. The van der Waals surface area contributed by atoms with Crippen LogP contribution in [0.4, 0.5) is 5.69 Å². The fourth-order valence-electron chi connectivity index (χ4n) is 1.83. The summed E-state index contributed by atoms with van der Waals surface area (Å²) in [6, 6.07) is 5.14. The van der Waals surface area contributed by atoms with Crippen molar-refractivity contribution in [2.45, 2.75) is 19.9 Å². The molecule has 106 valence electrons. The Kier molecular flexibility index (Phi) is 5.63. The number of methoxy groups -OCH3 is 2. The second-order valence-electron chi connectivity index (χ2n) is 4.54. The number of nitrogens with two attached hydrogens (primary N) is 1. The number of hydrogen-bond donors (Lipinski definition) is 1. The van der Waals surface area contributed by atoms with Crippen LogP contribution in [0.25, 0.3) is 0 Å². The first kappa shape index (κ1) is 15.3. The van der Waals surface area contributed by atoms with Gasteiger partial charge in [-0.25, -0.2) is 0 Å². The van der Waals surface area contributed by atoms with Crippen molar-refractivity contribution in [1.29, 1.82) is 0 Å². The summed E-state index contributed by atoms with van der Waals surface area (Å²) in [4.78, 5) is 14.3. The van der Waals surface area contributed by atoms with Gasteiger partial charge in [-0.05, 0) is 32.0 Å². The highest BCUT2D eigenvalue weighted by Gasteiger charge is 2.21. The minimum absolute atomic E-state index is 0.0776. The van der Waals surface area contributed by atoms with Gasteiger partial charge < -0.3 is 20.1 Å². The maximum Gasteiger partial charge on any atom is 0.258 e. The van der Waals surface area contributed by atoms with Crippen molar-refractivity contribution < 1.29 is 14.3 Å². The Hall–Kier alpha value is -1.75. The molecule has 0 fully saturated rings. The molecular weight excluding hydrogens is 244 g/mol. The summed E-state index contributed by atoms with van der Waals surface area (Å²) in [5.41, 5.74) is 6.77. The summed E-state index contributed by atoms with van der Waals surface area (Å²) >= 11 is 0. The van der Waals surface area contributed by atoms with Crippen molar-refractivity contribution in [2.24, 2.45) is 0 Å². The monoisotopic (exact) mass is 266 g/mol. The molecule has 0 radical (unpaired) electrons. The molecule has 0 aromatic heterocycles. The third-order valence-corrected chi connectivity index (χ3v) is 2.87. The van der Waals surface area contributed by atoms with Crippen LogP contribution in [0.1, 0.15) is 24.2 Å². The first-order valence-electron chi connectivity index (χ1n) is 6.24. The molecule has 0 heterocycles. The Morgan fingerprint density at radius 1 is 1.37 bits per heavy atom. The smallest absolute Gasteiger partial charge is 0.258 e. The molecule has 0 aliphatic rings. The van der Waals surface area contributed by atoms with Gasteiger partial charge in [-0.15, -0.1) is 0 Å². The van der Waals surface area contributed by atoms with Crippen molar-refractivity contribution in [3.8, 4) is 5.75 Å². The highest BCUT2D eigenvalue weighted by Crippen LogP contribution is 2.23. The highest BCUT2D eigenvalue weighted by molar-refractivity contribution is 5.98. The van der Waals surface area contributed by atoms with Crippen molar-refractivity contribution >= 4 is 11.6 Å². The van der Waals surface area contributed by atoms with Crippen LogP contribution in [0.15, 0.2) is 18.2 Å². The van der Waals surface area contributed by atoms with E-state index in [0.717, 1.165) is 0 Å². The second-order valence-corrected chi connectivity index (χ2v) is 4.54. The van der Waals surface area contributed by atoms with Gasteiger partial charge in [0.15, 0.2) is 0 Å². The van der Waals surface area contributed by atoms with E-state index in [1.807, 2.05) is 13.8 Å². The van der Waals surface area contributed by atoms with Crippen LogP contribution in [0.2, 0.25) is 0 Å². The van der Waals surface area contributed by atoms with Gasteiger partial charge in [0.1, 0.15) is 5.75 Å². The number of amides is 1. The lowest BCUT2D eigenvalue weighted by atomic mass is 10.1. The number of benzene rings is 1. The highest BCUT2D eigenvalue weighted by atomic mass is 16.5. The summed E-state index contributed by atoms with van der Waals surface area (Å²) in [6.07, 6.45) is 0. The van der Waals surface area contributed by atoms with Gasteiger partial charge in [0, 0.05) is 25.4 Å². The van der Waals surface area contributed by atoms with Gasteiger partial charge in [-0.3, -0.25) is 4.79 Å². The van der Waals surface area contributed by atoms with Crippen molar-refractivity contribution in [3.05, 3.63) is 23.8 Å². The molecule has 1 rings (SSSR count). The molecule has 1 aromatic rings. The van der Waals surface area contributed by atoms with Crippen LogP contribution < -0.4 is 10.5 Å². The lowest BCUT2D eigenvalue weighted by molar-refractivity contribution is 0.0632. The number of nitrogen functional groups attached to an aromatic ring is 1. The number of hydrogen-bond acceptors (Lipinski definition) is 4. The van der Waals surface area contributed by atoms with E-state index < -0.39 is 0 Å². The van der Waals surface area contributed by atoms with Crippen LogP contribution in [0.5, 0.6) is 5.75 Å². The Morgan fingerprint density at radius 3 is 2.58 bits per heavy atom. The van der Waals surface area contributed by atoms with E-state index in [-0.39, 0.29) is 11.9 Å². The molecule has 0 aliphatic heterocycles. The molecule has 0 atom stereocenters. The number of rotatable bonds is 6. The third kappa shape index (κ3) is 3.86. The fraction of sp³-hybridized carbons (Fsp3) is 0.500. The molecule has 0 bridgehead atoms. The van der Waals surface area contributed by atoms with Crippen LogP contribution in [0.3, 0.4) is 0 Å². The summed E-state index contributed by atoms with van der Waals surface area (Å²) in [6.45, 7) is 4.96. The number of anilines is 1. The molecule has 0 aliphatic carbocycles. The minimum Gasteiger partial charge on any atom is -0.496 e. The lowest BCUT2D eigenvalue weighted by Gasteiger charge is -2.27. The lowest BCUT2D eigenvalue weighted by Crippen LogP contribution is -2.39. The molecule has 5 heteroatoms. The molecule has 0 spiro atoms. The molecule has 0 unspecified atom stereocenters. The molecule has 1 aromatic carbocycles.